The third-order valence-corrected chi connectivity index (χ3v) is 5.24. The van der Waals surface area contributed by atoms with Crippen molar-refractivity contribution in [3.63, 3.8) is 0 Å². The van der Waals surface area contributed by atoms with Gasteiger partial charge in [0.2, 0.25) is 5.69 Å². The molecule has 3 rings (SSSR count). The highest BCUT2D eigenvalue weighted by Crippen LogP contribution is 2.42. The molecule has 0 saturated carbocycles. The van der Waals surface area contributed by atoms with Gasteiger partial charge in [-0.15, -0.1) is 0 Å². The van der Waals surface area contributed by atoms with Gasteiger partial charge in [-0.2, -0.15) is 4.58 Å². The van der Waals surface area contributed by atoms with Crippen molar-refractivity contribution in [2.45, 2.75) is 58.4 Å². The van der Waals surface area contributed by atoms with Crippen LogP contribution in [0.5, 0.6) is 0 Å². The quantitative estimate of drug-likeness (QED) is 0.667. The Balaban J connectivity index is 2.17. The number of benzene rings is 2. The Labute approximate surface area is 140 Å². The summed E-state index contributed by atoms with van der Waals surface area (Å²) >= 11 is 0. The van der Waals surface area contributed by atoms with Crippen LogP contribution in [0.1, 0.15) is 50.8 Å². The van der Waals surface area contributed by atoms with Gasteiger partial charge in [-0.3, -0.25) is 0 Å². The van der Waals surface area contributed by atoms with E-state index in [2.05, 4.69) is 93.9 Å². The Hall–Kier alpha value is -1.89. The van der Waals surface area contributed by atoms with Crippen LogP contribution >= 0.6 is 0 Å². The average Bonchev–Trinajstić information content (AvgIpc) is 2.78. The van der Waals surface area contributed by atoms with Gasteiger partial charge in [0.15, 0.2) is 11.8 Å². The lowest BCUT2D eigenvalue weighted by molar-refractivity contribution is -0.512. The Bertz CT molecular complexity index is 740. The first-order valence-corrected chi connectivity index (χ1v) is 8.67. The predicted molar refractivity (Wildman–Crippen MR) is 99.0 cm³/mol. The fraction of sp³-hybridized carbons (Fsp3) is 0.409. The number of hydrogen-bond acceptors (Lipinski definition) is 0. The third kappa shape index (κ3) is 2.73. The van der Waals surface area contributed by atoms with E-state index in [1.165, 1.54) is 22.4 Å². The summed E-state index contributed by atoms with van der Waals surface area (Å²) in [5.41, 5.74) is 5.80. The normalized spacial score (nSPS) is 22.9. The fourth-order valence-electron chi connectivity index (χ4n) is 4.20. The third-order valence-electron chi connectivity index (χ3n) is 5.24. The van der Waals surface area contributed by atoms with Crippen LogP contribution in [-0.4, -0.2) is 16.3 Å². The first kappa shape index (κ1) is 16.0. The molecule has 120 valence electrons. The highest BCUT2D eigenvalue weighted by molar-refractivity contribution is 5.73. The second-order valence-corrected chi connectivity index (χ2v) is 7.71. The molecule has 0 aromatic heterocycles. The summed E-state index contributed by atoms with van der Waals surface area (Å²) in [6.07, 6.45) is 4.66. The Kier molecular flexibility index (Phi) is 3.91. The summed E-state index contributed by atoms with van der Waals surface area (Å²) in [7, 11) is 0. The molecule has 2 aromatic carbocycles. The van der Waals surface area contributed by atoms with Crippen LogP contribution < -0.4 is 0 Å². The fourth-order valence-corrected chi connectivity index (χ4v) is 4.20. The molecule has 1 aliphatic rings. The van der Waals surface area contributed by atoms with E-state index >= 15 is 0 Å². The number of hydrogen-bond donors (Lipinski definition) is 0. The van der Waals surface area contributed by atoms with Gasteiger partial charge in [-0.1, -0.05) is 55.5 Å². The van der Waals surface area contributed by atoms with Gasteiger partial charge >= 0.3 is 0 Å². The van der Waals surface area contributed by atoms with E-state index in [4.69, 9.17) is 0 Å². The maximum Gasteiger partial charge on any atom is 0.211 e. The zero-order valence-electron chi connectivity index (χ0n) is 15.1. The first-order chi connectivity index (χ1) is 10.9. The minimum Gasteiger partial charge on any atom is -0.197 e. The van der Waals surface area contributed by atoms with E-state index in [0.29, 0.717) is 0 Å². The SMILES string of the molecule is CCc1cccc(C)c1[N+]1=CC(C)(c2ccccc2)CC1(C)C. The van der Waals surface area contributed by atoms with Crippen molar-refractivity contribution in [1.29, 1.82) is 0 Å². The lowest BCUT2D eigenvalue weighted by atomic mass is 9.77. The van der Waals surface area contributed by atoms with Crippen LogP contribution in [0.2, 0.25) is 0 Å². The van der Waals surface area contributed by atoms with Crippen LogP contribution in [0.4, 0.5) is 5.69 Å². The van der Waals surface area contributed by atoms with Gasteiger partial charge in [0.25, 0.3) is 0 Å². The molecule has 0 bridgehead atoms. The van der Waals surface area contributed by atoms with Crippen molar-refractivity contribution in [2.24, 2.45) is 0 Å². The number of para-hydroxylation sites is 1. The zero-order valence-corrected chi connectivity index (χ0v) is 15.1. The van der Waals surface area contributed by atoms with Crippen molar-refractivity contribution in [1.82, 2.24) is 0 Å². The molecular weight excluding hydrogens is 278 g/mol. The van der Waals surface area contributed by atoms with E-state index in [-0.39, 0.29) is 11.0 Å². The second-order valence-electron chi connectivity index (χ2n) is 7.71. The van der Waals surface area contributed by atoms with Gasteiger partial charge in [0.05, 0.1) is 5.41 Å². The van der Waals surface area contributed by atoms with Crippen molar-refractivity contribution >= 4 is 11.9 Å². The minimum atomic E-state index is 0.0814. The molecule has 1 heteroatoms. The van der Waals surface area contributed by atoms with Crippen molar-refractivity contribution in [3.8, 4) is 0 Å². The summed E-state index contributed by atoms with van der Waals surface area (Å²) in [5.74, 6) is 0. The Morgan fingerprint density at radius 3 is 2.30 bits per heavy atom. The molecule has 1 heterocycles. The van der Waals surface area contributed by atoms with Crippen molar-refractivity contribution in [3.05, 3.63) is 65.2 Å². The maximum atomic E-state index is 2.54. The van der Waals surface area contributed by atoms with Crippen molar-refractivity contribution in [2.75, 3.05) is 0 Å². The molecule has 0 aliphatic carbocycles. The van der Waals surface area contributed by atoms with Gasteiger partial charge in [0, 0.05) is 31.4 Å². The molecule has 2 aromatic rings. The summed E-state index contributed by atoms with van der Waals surface area (Å²) in [6.45, 7) is 11.6. The highest BCUT2D eigenvalue weighted by atomic mass is 15.1. The molecule has 1 atom stereocenters. The maximum absolute atomic E-state index is 2.54. The largest absolute Gasteiger partial charge is 0.211 e. The second kappa shape index (κ2) is 5.63. The molecule has 0 amide bonds. The van der Waals surface area contributed by atoms with E-state index in [1.807, 2.05) is 0 Å². The molecule has 1 aliphatic heterocycles. The Morgan fingerprint density at radius 1 is 0.957 bits per heavy atom. The molecular formula is C22H28N+. The molecule has 0 saturated heterocycles. The molecule has 0 N–H and O–H groups in total. The van der Waals surface area contributed by atoms with Crippen LogP contribution in [0, 0.1) is 6.92 Å². The smallest absolute Gasteiger partial charge is 0.197 e. The predicted octanol–water partition coefficient (Wildman–Crippen LogP) is 5.41. The van der Waals surface area contributed by atoms with E-state index in [9.17, 15) is 0 Å². The standard InChI is InChI=1S/C22H28N/c1-6-18-12-10-11-17(2)20(18)23-16-22(5,15-21(23,3)4)19-13-8-7-9-14-19/h7-14,16H,6,15H2,1-5H3/q+1. The summed E-state index contributed by atoms with van der Waals surface area (Å²) in [6, 6.07) is 17.6. The van der Waals surface area contributed by atoms with Gasteiger partial charge in [-0.05, 0) is 25.8 Å². The van der Waals surface area contributed by atoms with Crippen LogP contribution in [0.25, 0.3) is 0 Å². The number of rotatable bonds is 3. The number of nitrogens with zero attached hydrogens (tertiary/aromatic N) is 1. The van der Waals surface area contributed by atoms with Crippen LogP contribution in [-0.2, 0) is 11.8 Å². The van der Waals surface area contributed by atoms with E-state index in [1.54, 1.807) is 0 Å². The molecule has 1 unspecified atom stereocenters. The summed E-state index contributed by atoms with van der Waals surface area (Å²) < 4.78 is 2.54. The van der Waals surface area contributed by atoms with Crippen LogP contribution in [0.15, 0.2) is 48.5 Å². The molecule has 23 heavy (non-hydrogen) atoms. The topological polar surface area (TPSA) is 3.01 Å². The Morgan fingerprint density at radius 2 is 1.65 bits per heavy atom. The van der Waals surface area contributed by atoms with Crippen LogP contribution in [0.3, 0.4) is 0 Å². The van der Waals surface area contributed by atoms with E-state index < -0.39 is 0 Å². The molecule has 0 fully saturated rings. The minimum absolute atomic E-state index is 0.0814. The monoisotopic (exact) mass is 306 g/mol. The van der Waals surface area contributed by atoms with Gasteiger partial charge < -0.3 is 0 Å². The molecule has 1 nitrogen and oxygen atoms in total. The summed E-state index contributed by atoms with van der Waals surface area (Å²) in [4.78, 5) is 0. The van der Waals surface area contributed by atoms with Gasteiger partial charge in [0.1, 0.15) is 0 Å². The zero-order chi connectivity index (χ0) is 16.7. The molecule has 0 radical (unpaired) electrons. The van der Waals surface area contributed by atoms with Gasteiger partial charge in [-0.25, -0.2) is 0 Å². The summed E-state index contributed by atoms with van der Waals surface area (Å²) in [5, 5.41) is 0. The lowest BCUT2D eigenvalue weighted by Gasteiger charge is -2.23. The number of aryl methyl sites for hydroxylation is 2. The average molecular weight is 306 g/mol. The lowest BCUT2D eigenvalue weighted by Crippen LogP contribution is -2.31. The van der Waals surface area contributed by atoms with Crippen molar-refractivity contribution < 1.29 is 4.58 Å². The van der Waals surface area contributed by atoms with E-state index in [0.717, 1.165) is 12.8 Å². The first-order valence-electron chi connectivity index (χ1n) is 8.67. The molecule has 0 spiro atoms. The highest BCUT2D eigenvalue weighted by Gasteiger charge is 2.49.